The summed E-state index contributed by atoms with van der Waals surface area (Å²) in [6.45, 7) is 5.51. The second kappa shape index (κ2) is 13.4. The smallest absolute Gasteiger partial charge is 0.246 e. The Morgan fingerprint density at radius 2 is 2.05 bits per heavy atom. The van der Waals surface area contributed by atoms with E-state index < -0.39 is 0 Å². The molecule has 3 aromatic rings. The second-order valence-corrected chi connectivity index (χ2v) is 10.3. The number of rotatable bonds is 10. The van der Waals surface area contributed by atoms with E-state index in [2.05, 4.69) is 32.7 Å². The van der Waals surface area contributed by atoms with Gasteiger partial charge in [0.15, 0.2) is 0 Å². The number of likely N-dealkylation sites (N-methyl/N-ethyl adjacent to an activating group) is 1. The van der Waals surface area contributed by atoms with E-state index in [-0.39, 0.29) is 49.5 Å². The Bertz CT molecular complexity index is 1270. The number of methoxy groups -OCH3 is 1. The molecule has 2 aromatic carbocycles. The zero-order valence-electron chi connectivity index (χ0n) is 23.4. The van der Waals surface area contributed by atoms with Crippen LogP contribution < -0.4 is 14.8 Å². The predicted octanol–water partition coefficient (Wildman–Crippen LogP) is 1.60. The second-order valence-electron chi connectivity index (χ2n) is 10.3. The summed E-state index contributed by atoms with van der Waals surface area (Å²) in [7, 11) is 3.69. The Kier molecular flexibility index (Phi) is 9.67. The zero-order chi connectivity index (χ0) is 28.6. The van der Waals surface area contributed by atoms with Gasteiger partial charge in [0.05, 0.1) is 26.2 Å². The number of carbonyl (C=O) groups excluding carboxylic acids is 2. The first-order valence-corrected chi connectivity index (χ1v) is 13.3. The third-order valence-electron chi connectivity index (χ3n) is 7.00. The van der Waals surface area contributed by atoms with Gasteiger partial charge in [-0.25, -0.2) is 4.68 Å². The minimum absolute atomic E-state index is 0.0158. The molecule has 0 bridgehead atoms. The van der Waals surface area contributed by atoms with Gasteiger partial charge < -0.3 is 24.8 Å². The van der Waals surface area contributed by atoms with Crippen LogP contribution in [0.1, 0.15) is 25.0 Å². The number of fused-ring (bicyclic) bond motifs is 1. The maximum Gasteiger partial charge on any atom is 0.246 e. The molecular weight excluding hydrogens is 514 g/mol. The molecule has 1 aliphatic rings. The lowest BCUT2D eigenvalue weighted by atomic mass is 10.0. The van der Waals surface area contributed by atoms with Gasteiger partial charge in [-0.3, -0.25) is 14.5 Å². The highest BCUT2D eigenvalue weighted by Gasteiger charge is 2.31. The minimum Gasteiger partial charge on any atom is -0.497 e. The zero-order valence-corrected chi connectivity index (χ0v) is 23.4. The van der Waals surface area contributed by atoms with Crippen LogP contribution in [0.2, 0.25) is 0 Å². The van der Waals surface area contributed by atoms with Crippen molar-refractivity contribution in [1.29, 1.82) is 0 Å². The number of amides is 2. The molecule has 214 valence electrons. The van der Waals surface area contributed by atoms with Crippen molar-refractivity contribution in [3.63, 3.8) is 0 Å². The highest BCUT2D eigenvalue weighted by Crippen LogP contribution is 2.29. The van der Waals surface area contributed by atoms with Gasteiger partial charge >= 0.3 is 0 Å². The molecule has 40 heavy (non-hydrogen) atoms. The SMILES string of the molecule is COc1ccc(CN(C)C[C@H]2Oc3ccc(NC(=O)Cn4cnnn4)cc3CC(=O)N([C@@H](C)CO)C[C@H]2C)cc1. The Morgan fingerprint density at radius 3 is 2.73 bits per heavy atom. The molecule has 4 rings (SSSR count). The largest absolute Gasteiger partial charge is 0.497 e. The molecule has 0 saturated carbocycles. The van der Waals surface area contributed by atoms with Gasteiger partial charge in [0.1, 0.15) is 30.5 Å². The average molecular weight is 552 g/mol. The standard InChI is InChI=1S/C28H37N7O5/c1-19-13-35(20(2)17-36)28(38)12-22-11-23(30-27(37)16-34-18-29-31-32-34)7-10-25(22)40-26(19)15-33(3)14-21-5-8-24(39-4)9-6-21/h5-11,18-20,26,36H,12-17H2,1-4H3,(H,30,37)/t19-,20+,26-/m1/s1. The molecule has 12 nitrogen and oxygen atoms in total. The Balaban J connectivity index is 1.55. The van der Waals surface area contributed by atoms with Crippen LogP contribution in [0.25, 0.3) is 0 Å². The maximum atomic E-state index is 13.4. The number of nitrogens with one attached hydrogen (secondary N) is 1. The van der Waals surface area contributed by atoms with Crippen molar-refractivity contribution in [1.82, 2.24) is 30.0 Å². The van der Waals surface area contributed by atoms with Crippen molar-refractivity contribution in [3.8, 4) is 11.5 Å². The molecule has 0 aliphatic carbocycles. The van der Waals surface area contributed by atoms with E-state index in [1.54, 1.807) is 30.2 Å². The van der Waals surface area contributed by atoms with Gasteiger partial charge in [0.2, 0.25) is 11.8 Å². The summed E-state index contributed by atoms with van der Waals surface area (Å²) in [6.07, 6.45) is 1.21. The van der Waals surface area contributed by atoms with Crippen molar-refractivity contribution in [3.05, 3.63) is 59.9 Å². The molecule has 3 atom stereocenters. The summed E-state index contributed by atoms with van der Waals surface area (Å²) in [5, 5.41) is 23.5. The van der Waals surface area contributed by atoms with Crippen LogP contribution in [0.15, 0.2) is 48.8 Å². The summed E-state index contributed by atoms with van der Waals surface area (Å²) in [6, 6.07) is 12.9. The van der Waals surface area contributed by atoms with Crippen molar-refractivity contribution >= 4 is 17.5 Å². The summed E-state index contributed by atoms with van der Waals surface area (Å²) < 4.78 is 13.2. The van der Waals surface area contributed by atoms with Crippen LogP contribution in [0, 0.1) is 5.92 Å². The lowest BCUT2D eigenvalue weighted by molar-refractivity contribution is -0.134. The number of benzene rings is 2. The van der Waals surface area contributed by atoms with Gasteiger partial charge in [-0.05, 0) is 60.3 Å². The molecule has 0 spiro atoms. The summed E-state index contributed by atoms with van der Waals surface area (Å²) >= 11 is 0. The highest BCUT2D eigenvalue weighted by molar-refractivity contribution is 5.91. The number of ether oxygens (including phenoxy) is 2. The van der Waals surface area contributed by atoms with Crippen molar-refractivity contribution < 1.29 is 24.2 Å². The van der Waals surface area contributed by atoms with Crippen LogP contribution in [0.5, 0.6) is 11.5 Å². The fourth-order valence-electron chi connectivity index (χ4n) is 4.74. The minimum atomic E-state index is -0.339. The van der Waals surface area contributed by atoms with E-state index in [0.717, 1.165) is 11.3 Å². The van der Waals surface area contributed by atoms with Gasteiger partial charge in [-0.2, -0.15) is 0 Å². The Morgan fingerprint density at radius 1 is 1.27 bits per heavy atom. The molecule has 0 saturated heterocycles. The van der Waals surface area contributed by atoms with E-state index in [1.165, 1.54) is 11.0 Å². The quantitative estimate of drug-likeness (QED) is 0.385. The van der Waals surface area contributed by atoms with Gasteiger partial charge in [0.25, 0.3) is 0 Å². The molecular formula is C28H37N7O5. The van der Waals surface area contributed by atoms with Gasteiger partial charge in [-0.1, -0.05) is 19.1 Å². The highest BCUT2D eigenvalue weighted by atomic mass is 16.5. The van der Waals surface area contributed by atoms with Gasteiger partial charge in [-0.15, -0.1) is 5.10 Å². The molecule has 0 radical (unpaired) electrons. The van der Waals surface area contributed by atoms with E-state index in [4.69, 9.17) is 9.47 Å². The predicted molar refractivity (Wildman–Crippen MR) is 148 cm³/mol. The number of aromatic nitrogens is 4. The molecule has 1 aromatic heterocycles. The van der Waals surface area contributed by atoms with Crippen LogP contribution in [0.4, 0.5) is 5.69 Å². The first-order chi connectivity index (χ1) is 19.2. The van der Waals surface area contributed by atoms with Crippen molar-refractivity contribution in [2.75, 3.05) is 39.2 Å². The number of nitrogens with zero attached hydrogens (tertiary/aromatic N) is 6. The number of hydrogen-bond acceptors (Lipinski definition) is 9. The lowest BCUT2D eigenvalue weighted by Crippen LogP contribution is -2.47. The first kappa shape index (κ1) is 29.0. The third kappa shape index (κ3) is 7.54. The van der Waals surface area contributed by atoms with Crippen LogP contribution in [0.3, 0.4) is 0 Å². The number of hydrogen-bond donors (Lipinski definition) is 2. The van der Waals surface area contributed by atoms with E-state index in [0.29, 0.717) is 36.6 Å². The Labute approximate surface area is 233 Å². The fourth-order valence-corrected chi connectivity index (χ4v) is 4.74. The van der Waals surface area contributed by atoms with Crippen LogP contribution in [-0.2, 0) is 29.1 Å². The lowest BCUT2D eigenvalue weighted by Gasteiger charge is -2.34. The fraction of sp³-hybridized carbons (Fsp3) is 0.464. The molecule has 0 unspecified atom stereocenters. The Hall–Kier alpha value is -4.03. The van der Waals surface area contributed by atoms with Crippen LogP contribution in [-0.4, -0.2) is 92.9 Å². The molecule has 0 fully saturated rings. The normalized spacial score (nSPS) is 18.2. The topological polar surface area (TPSA) is 135 Å². The molecule has 2 amide bonds. The number of carbonyl (C=O) groups is 2. The summed E-state index contributed by atoms with van der Waals surface area (Å²) in [5.41, 5.74) is 2.35. The molecule has 12 heteroatoms. The number of aliphatic hydroxyl groups is 1. The maximum absolute atomic E-state index is 13.4. The van der Waals surface area contributed by atoms with Gasteiger partial charge in [0, 0.05) is 36.8 Å². The van der Waals surface area contributed by atoms with Crippen molar-refractivity contribution in [2.45, 2.75) is 45.5 Å². The van der Waals surface area contributed by atoms with E-state index in [9.17, 15) is 14.7 Å². The average Bonchev–Trinajstić information content (AvgIpc) is 3.45. The monoisotopic (exact) mass is 551 g/mol. The molecule has 1 aliphatic heterocycles. The third-order valence-corrected chi connectivity index (χ3v) is 7.00. The first-order valence-electron chi connectivity index (χ1n) is 13.3. The number of aliphatic hydroxyl groups excluding tert-OH is 1. The summed E-state index contributed by atoms with van der Waals surface area (Å²) in [4.78, 5) is 29.8. The van der Waals surface area contributed by atoms with E-state index in [1.807, 2.05) is 38.2 Å². The van der Waals surface area contributed by atoms with E-state index >= 15 is 0 Å². The van der Waals surface area contributed by atoms with Crippen molar-refractivity contribution in [2.24, 2.45) is 5.92 Å². The van der Waals surface area contributed by atoms with Crippen LogP contribution >= 0.6 is 0 Å². The number of anilines is 1. The summed E-state index contributed by atoms with van der Waals surface area (Å²) in [5.74, 6) is 0.982. The molecule has 2 N–H and O–H groups in total. The number of tetrazole rings is 1. The molecule has 2 heterocycles.